The average Bonchev–Trinajstić information content (AvgIpc) is 2.68. The first kappa shape index (κ1) is 13.6. The van der Waals surface area contributed by atoms with Crippen LogP contribution in [0.4, 0.5) is 5.69 Å². The van der Waals surface area contributed by atoms with E-state index in [4.69, 9.17) is 5.53 Å². The van der Waals surface area contributed by atoms with E-state index in [-0.39, 0.29) is 11.8 Å². The van der Waals surface area contributed by atoms with E-state index in [1.54, 1.807) is 4.90 Å². The van der Waals surface area contributed by atoms with Gasteiger partial charge in [0.2, 0.25) is 5.91 Å². The molecular formula is C11H10BrIN4O. The lowest BCUT2D eigenvalue weighted by atomic mass is 10.1. The number of carbonyl (C=O) groups excluding carboxylic acids is 1. The number of anilines is 1. The van der Waals surface area contributed by atoms with Crippen LogP contribution in [0.25, 0.3) is 10.4 Å². The van der Waals surface area contributed by atoms with Crippen molar-refractivity contribution in [3.63, 3.8) is 0 Å². The van der Waals surface area contributed by atoms with Gasteiger partial charge in [-0.15, -0.1) is 0 Å². The Morgan fingerprint density at radius 1 is 1.61 bits per heavy atom. The number of benzene rings is 1. The van der Waals surface area contributed by atoms with Gasteiger partial charge in [-0.05, 0) is 68.2 Å². The number of halogens is 2. The van der Waals surface area contributed by atoms with Crippen LogP contribution in [0.3, 0.4) is 0 Å². The summed E-state index contributed by atoms with van der Waals surface area (Å²) in [7, 11) is 0. The molecule has 1 saturated heterocycles. The summed E-state index contributed by atoms with van der Waals surface area (Å²) in [5.41, 5.74) is 9.18. The van der Waals surface area contributed by atoms with Gasteiger partial charge in [-0.25, -0.2) is 0 Å². The number of hydrogen-bond donors (Lipinski definition) is 0. The van der Waals surface area contributed by atoms with Crippen molar-refractivity contribution in [1.29, 1.82) is 0 Å². The highest BCUT2D eigenvalue weighted by atomic mass is 127. The van der Waals surface area contributed by atoms with Crippen molar-refractivity contribution in [3.05, 3.63) is 36.7 Å². The molecule has 2 rings (SSSR count). The molecule has 5 nitrogen and oxygen atoms in total. The zero-order valence-corrected chi connectivity index (χ0v) is 13.1. The van der Waals surface area contributed by atoms with E-state index in [0.29, 0.717) is 19.5 Å². The Balaban J connectivity index is 2.18. The van der Waals surface area contributed by atoms with E-state index in [1.807, 2.05) is 18.2 Å². The fourth-order valence-corrected chi connectivity index (χ4v) is 3.50. The number of rotatable bonds is 3. The summed E-state index contributed by atoms with van der Waals surface area (Å²) in [6.07, 6.45) is 0.442. The third-order valence-corrected chi connectivity index (χ3v) is 4.11. The summed E-state index contributed by atoms with van der Waals surface area (Å²) < 4.78 is 2.02. The number of hydrogen-bond acceptors (Lipinski definition) is 2. The molecule has 18 heavy (non-hydrogen) atoms. The molecule has 1 amide bonds. The normalized spacial score (nSPS) is 18.9. The van der Waals surface area contributed by atoms with Gasteiger partial charge >= 0.3 is 0 Å². The number of carbonyl (C=O) groups is 1. The second kappa shape index (κ2) is 5.90. The Hall–Kier alpha value is -0.790. The lowest BCUT2D eigenvalue weighted by molar-refractivity contribution is -0.117. The van der Waals surface area contributed by atoms with Crippen LogP contribution in [0.5, 0.6) is 0 Å². The molecule has 0 N–H and O–H groups in total. The molecule has 1 atom stereocenters. The zero-order chi connectivity index (χ0) is 13.1. The van der Waals surface area contributed by atoms with Crippen molar-refractivity contribution >= 4 is 50.1 Å². The highest BCUT2D eigenvalue weighted by Gasteiger charge is 2.30. The topological polar surface area (TPSA) is 69.1 Å². The molecule has 1 aromatic rings. The van der Waals surface area contributed by atoms with E-state index in [2.05, 4.69) is 48.5 Å². The van der Waals surface area contributed by atoms with Gasteiger partial charge in [-0.2, -0.15) is 0 Å². The Kier molecular flexibility index (Phi) is 4.47. The summed E-state index contributed by atoms with van der Waals surface area (Å²) in [6, 6.07) is 5.87. The van der Waals surface area contributed by atoms with Crippen molar-refractivity contribution < 1.29 is 4.79 Å². The molecule has 0 aliphatic carbocycles. The Morgan fingerprint density at radius 2 is 2.39 bits per heavy atom. The Bertz CT molecular complexity index is 530. The number of nitrogens with zero attached hydrogens (tertiary/aromatic N) is 4. The van der Waals surface area contributed by atoms with E-state index in [1.165, 1.54) is 0 Å². The Labute approximate surface area is 126 Å². The fraction of sp³-hybridized carbons (Fsp3) is 0.364. The maximum Gasteiger partial charge on any atom is 0.227 e. The lowest BCUT2D eigenvalue weighted by Gasteiger charge is -2.18. The minimum atomic E-state index is 0.0787. The zero-order valence-electron chi connectivity index (χ0n) is 9.38. The minimum absolute atomic E-state index is 0.0787. The first-order chi connectivity index (χ1) is 8.61. The summed E-state index contributed by atoms with van der Waals surface area (Å²) in [5, 5.41) is 3.54. The number of amides is 1. The van der Waals surface area contributed by atoms with Crippen LogP contribution >= 0.6 is 38.5 Å². The second-order valence-corrected chi connectivity index (χ2v) is 6.18. The van der Waals surface area contributed by atoms with Gasteiger partial charge in [-0.3, -0.25) is 4.79 Å². The average molecular weight is 421 g/mol. The van der Waals surface area contributed by atoms with Crippen LogP contribution in [-0.4, -0.2) is 19.0 Å². The maximum absolute atomic E-state index is 12.0. The molecule has 0 bridgehead atoms. The third kappa shape index (κ3) is 2.96. The second-order valence-electron chi connectivity index (χ2n) is 4.08. The van der Waals surface area contributed by atoms with Crippen molar-refractivity contribution in [2.45, 2.75) is 6.42 Å². The van der Waals surface area contributed by atoms with E-state index < -0.39 is 0 Å². The first-order valence-corrected chi connectivity index (χ1v) is 7.25. The highest BCUT2D eigenvalue weighted by Crippen LogP contribution is 2.32. The predicted molar refractivity (Wildman–Crippen MR) is 81.3 cm³/mol. The van der Waals surface area contributed by atoms with Crippen molar-refractivity contribution in [2.75, 3.05) is 18.0 Å². The van der Waals surface area contributed by atoms with Gasteiger partial charge in [0.05, 0.1) is 5.69 Å². The molecule has 1 aromatic carbocycles. The van der Waals surface area contributed by atoms with Gasteiger partial charge < -0.3 is 4.90 Å². The molecule has 1 unspecified atom stereocenters. The molecule has 0 aromatic heterocycles. The van der Waals surface area contributed by atoms with Crippen LogP contribution in [0.15, 0.2) is 27.8 Å². The highest BCUT2D eigenvalue weighted by molar-refractivity contribution is 14.1. The van der Waals surface area contributed by atoms with Gasteiger partial charge in [0.1, 0.15) is 0 Å². The van der Waals surface area contributed by atoms with Crippen molar-refractivity contribution in [2.24, 2.45) is 11.0 Å². The van der Waals surface area contributed by atoms with Crippen LogP contribution in [-0.2, 0) is 4.79 Å². The molecule has 1 aliphatic heterocycles. The van der Waals surface area contributed by atoms with Crippen LogP contribution in [0.1, 0.15) is 6.42 Å². The van der Waals surface area contributed by atoms with Crippen LogP contribution < -0.4 is 4.90 Å². The molecule has 94 valence electrons. The molecule has 1 fully saturated rings. The predicted octanol–water partition coefficient (Wildman–Crippen LogP) is 3.72. The van der Waals surface area contributed by atoms with Gasteiger partial charge in [-0.1, -0.05) is 5.11 Å². The third-order valence-electron chi connectivity index (χ3n) is 2.81. The van der Waals surface area contributed by atoms with Crippen LogP contribution in [0.2, 0.25) is 0 Å². The molecule has 0 spiro atoms. The first-order valence-electron chi connectivity index (χ1n) is 5.38. The van der Waals surface area contributed by atoms with Crippen molar-refractivity contribution in [1.82, 2.24) is 0 Å². The Morgan fingerprint density at radius 3 is 3.06 bits per heavy atom. The summed E-state index contributed by atoms with van der Waals surface area (Å²) in [5.74, 6) is 0.189. The molecule has 1 aliphatic rings. The molecular weight excluding hydrogens is 411 g/mol. The van der Waals surface area contributed by atoms with E-state index >= 15 is 0 Å². The standard InChI is InChI=1S/C11H10BrIN4O/c12-9-4-8(13)1-2-10(9)17-6-7(3-11(17)18)5-15-16-14/h1-2,4,7H,3,5-6H2. The SMILES string of the molecule is [N-]=[N+]=NCC1CC(=O)N(c2ccc(I)cc2Br)C1. The van der Waals surface area contributed by atoms with Gasteiger partial charge in [0, 0.05) is 32.5 Å². The van der Waals surface area contributed by atoms with E-state index in [9.17, 15) is 4.79 Å². The van der Waals surface area contributed by atoms with E-state index in [0.717, 1.165) is 13.7 Å². The molecule has 7 heteroatoms. The summed E-state index contributed by atoms with van der Waals surface area (Å²) >= 11 is 5.70. The minimum Gasteiger partial charge on any atom is -0.311 e. The smallest absolute Gasteiger partial charge is 0.227 e. The quantitative estimate of drug-likeness (QED) is 0.318. The molecule has 0 saturated carbocycles. The van der Waals surface area contributed by atoms with Gasteiger partial charge in [0.25, 0.3) is 0 Å². The maximum atomic E-state index is 12.0. The summed E-state index contributed by atoms with van der Waals surface area (Å²) in [6.45, 7) is 0.984. The lowest BCUT2D eigenvalue weighted by Crippen LogP contribution is -2.25. The largest absolute Gasteiger partial charge is 0.311 e. The van der Waals surface area contributed by atoms with Gasteiger partial charge in [0.15, 0.2) is 0 Å². The monoisotopic (exact) mass is 420 g/mol. The van der Waals surface area contributed by atoms with Crippen LogP contribution in [0, 0.1) is 9.49 Å². The molecule has 0 radical (unpaired) electrons. The van der Waals surface area contributed by atoms with Crippen molar-refractivity contribution in [3.8, 4) is 0 Å². The molecule has 1 heterocycles. The number of azide groups is 1. The summed E-state index contributed by atoms with van der Waals surface area (Å²) in [4.78, 5) is 16.4. The fourth-order valence-electron chi connectivity index (χ4n) is 1.99.